The van der Waals surface area contributed by atoms with Crippen LogP contribution in [0, 0.1) is 6.92 Å². The summed E-state index contributed by atoms with van der Waals surface area (Å²) in [6.45, 7) is 1.95. The second-order valence-electron chi connectivity index (χ2n) is 3.66. The van der Waals surface area contributed by atoms with Crippen molar-refractivity contribution in [1.29, 1.82) is 0 Å². The summed E-state index contributed by atoms with van der Waals surface area (Å²) in [6, 6.07) is 9.64. The van der Waals surface area contributed by atoms with E-state index in [1.807, 2.05) is 37.3 Å². The largest absolute Gasteiger partial charge is 0.439 e. The topological polar surface area (TPSA) is 22.1 Å². The van der Waals surface area contributed by atoms with Crippen molar-refractivity contribution in [3.63, 3.8) is 0 Å². The molecule has 0 aliphatic heterocycles. The van der Waals surface area contributed by atoms with Crippen molar-refractivity contribution in [3.8, 4) is 11.6 Å². The van der Waals surface area contributed by atoms with Crippen LogP contribution in [0.3, 0.4) is 0 Å². The third kappa shape index (κ3) is 3.20. The number of hydrogen-bond acceptors (Lipinski definition) is 2. The molecule has 1 aromatic heterocycles. The van der Waals surface area contributed by atoms with Crippen LogP contribution in [-0.4, -0.2) is 4.98 Å². The quantitative estimate of drug-likeness (QED) is 0.767. The van der Waals surface area contributed by atoms with Crippen LogP contribution in [0.5, 0.6) is 11.6 Å². The molecule has 0 bridgehead atoms. The van der Waals surface area contributed by atoms with Gasteiger partial charge in [0.25, 0.3) is 0 Å². The normalized spacial score (nSPS) is 10.3. The van der Waals surface area contributed by atoms with Crippen molar-refractivity contribution in [2.24, 2.45) is 0 Å². The second kappa shape index (κ2) is 5.52. The minimum Gasteiger partial charge on any atom is -0.439 e. The number of pyridine rings is 1. The molecular weight excluding hydrogens is 302 g/mol. The summed E-state index contributed by atoms with van der Waals surface area (Å²) in [5, 5.41) is 0. The number of alkyl halides is 1. The van der Waals surface area contributed by atoms with Crippen molar-refractivity contribution in [2.75, 3.05) is 0 Å². The molecule has 0 unspecified atom stereocenters. The van der Waals surface area contributed by atoms with Gasteiger partial charge in [-0.2, -0.15) is 0 Å². The lowest BCUT2D eigenvalue weighted by atomic mass is 10.2. The van der Waals surface area contributed by atoms with Crippen LogP contribution in [0.15, 0.2) is 41.0 Å². The molecule has 88 valence electrons. The molecule has 0 amide bonds. The van der Waals surface area contributed by atoms with Gasteiger partial charge >= 0.3 is 0 Å². The molecule has 0 saturated carbocycles. The molecule has 1 heterocycles. The molecule has 1 aromatic carbocycles. The van der Waals surface area contributed by atoms with Gasteiger partial charge in [-0.1, -0.05) is 22.0 Å². The van der Waals surface area contributed by atoms with Crippen molar-refractivity contribution in [1.82, 2.24) is 4.98 Å². The number of halogens is 2. The molecule has 2 rings (SSSR count). The zero-order valence-corrected chi connectivity index (χ0v) is 11.6. The Morgan fingerprint density at radius 2 is 2.18 bits per heavy atom. The highest BCUT2D eigenvalue weighted by Crippen LogP contribution is 2.25. The van der Waals surface area contributed by atoms with Crippen LogP contribution >= 0.6 is 27.5 Å². The van der Waals surface area contributed by atoms with Gasteiger partial charge < -0.3 is 4.74 Å². The zero-order valence-electron chi connectivity index (χ0n) is 9.28. The molecule has 17 heavy (non-hydrogen) atoms. The fourth-order valence-electron chi connectivity index (χ4n) is 1.44. The summed E-state index contributed by atoms with van der Waals surface area (Å²) in [4.78, 5) is 4.25. The second-order valence-corrected chi connectivity index (χ2v) is 4.84. The van der Waals surface area contributed by atoms with Gasteiger partial charge in [0, 0.05) is 22.1 Å². The molecule has 4 heteroatoms. The summed E-state index contributed by atoms with van der Waals surface area (Å²) >= 11 is 9.14. The Hall–Kier alpha value is -1.06. The van der Waals surface area contributed by atoms with Gasteiger partial charge in [0.15, 0.2) is 0 Å². The van der Waals surface area contributed by atoms with Gasteiger partial charge in [-0.25, -0.2) is 4.98 Å². The summed E-state index contributed by atoms with van der Waals surface area (Å²) in [5.74, 6) is 1.83. The van der Waals surface area contributed by atoms with E-state index in [9.17, 15) is 0 Å². The fourth-order valence-corrected chi connectivity index (χ4v) is 1.97. The Balaban J connectivity index is 2.24. The molecule has 0 N–H and O–H groups in total. The van der Waals surface area contributed by atoms with E-state index in [4.69, 9.17) is 16.3 Å². The smallest absolute Gasteiger partial charge is 0.222 e. The van der Waals surface area contributed by atoms with E-state index in [1.54, 1.807) is 6.20 Å². The third-order valence-corrected chi connectivity index (χ3v) is 3.05. The van der Waals surface area contributed by atoms with Crippen molar-refractivity contribution in [3.05, 3.63) is 52.1 Å². The first-order chi connectivity index (χ1) is 8.19. The molecule has 0 saturated heterocycles. The van der Waals surface area contributed by atoms with Crippen LogP contribution < -0.4 is 4.74 Å². The molecular formula is C13H11BrClNO. The van der Waals surface area contributed by atoms with E-state index in [0.29, 0.717) is 11.8 Å². The fraction of sp³-hybridized carbons (Fsp3) is 0.154. The van der Waals surface area contributed by atoms with Crippen molar-refractivity contribution in [2.45, 2.75) is 12.8 Å². The van der Waals surface area contributed by atoms with Gasteiger partial charge in [0.1, 0.15) is 5.75 Å². The Kier molecular flexibility index (Phi) is 4.02. The predicted molar refractivity (Wildman–Crippen MR) is 72.7 cm³/mol. The van der Waals surface area contributed by atoms with Crippen LogP contribution in [-0.2, 0) is 5.88 Å². The number of nitrogens with zero attached hydrogens (tertiary/aromatic N) is 1. The van der Waals surface area contributed by atoms with E-state index in [2.05, 4.69) is 20.9 Å². The van der Waals surface area contributed by atoms with Gasteiger partial charge in [-0.05, 0) is 36.8 Å². The monoisotopic (exact) mass is 311 g/mol. The summed E-state index contributed by atoms with van der Waals surface area (Å²) in [6.07, 6.45) is 1.73. The number of ether oxygens (including phenoxy) is 1. The Morgan fingerprint density at radius 1 is 1.35 bits per heavy atom. The van der Waals surface area contributed by atoms with Crippen LogP contribution in [0.25, 0.3) is 0 Å². The standard InChI is InChI=1S/C13H11BrClNO/c1-9-5-10(7-15)8-16-13(9)17-12-4-2-3-11(14)6-12/h2-6,8H,7H2,1H3. The first-order valence-corrected chi connectivity index (χ1v) is 6.46. The van der Waals surface area contributed by atoms with Gasteiger partial charge in [-0.15, -0.1) is 11.6 Å². The number of rotatable bonds is 3. The average Bonchev–Trinajstić information content (AvgIpc) is 2.32. The van der Waals surface area contributed by atoms with Crippen LogP contribution in [0.1, 0.15) is 11.1 Å². The molecule has 0 fully saturated rings. The molecule has 2 aromatic rings. The first kappa shape index (κ1) is 12.4. The maximum Gasteiger partial charge on any atom is 0.222 e. The highest BCUT2D eigenvalue weighted by molar-refractivity contribution is 9.10. The number of aromatic nitrogens is 1. The molecule has 0 aliphatic carbocycles. The summed E-state index contributed by atoms with van der Waals surface area (Å²) in [7, 11) is 0. The van der Waals surface area contributed by atoms with E-state index in [0.717, 1.165) is 21.3 Å². The first-order valence-electron chi connectivity index (χ1n) is 5.14. The SMILES string of the molecule is Cc1cc(CCl)cnc1Oc1cccc(Br)c1. The van der Waals surface area contributed by atoms with Crippen LogP contribution in [0.2, 0.25) is 0 Å². The molecule has 0 aliphatic rings. The van der Waals surface area contributed by atoms with E-state index in [-0.39, 0.29) is 0 Å². The van der Waals surface area contributed by atoms with E-state index >= 15 is 0 Å². The van der Waals surface area contributed by atoms with Gasteiger partial charge in [0.2, 0.25) is 5.88 Å². The lowest BCUT2D eigenvalue weighted by Crippen LogP contribution is -1.93. The Bertz CT molecular complexity index is 531. The van der Waals surface area contributed by atoms with Crippen LogP contribution in [0.4, 0.5) is 0 Å². The number of benzene rings is 1. The van der Waals surface area contributed by atoms with Gasteiger partial charge in [0.05, 0.1) is 0 Å². The average molecular weight is 313 g/mol. The van der Waals surface area contributed by atoms with Gasteiger partial charge in [-0.3, -0.25) is 0 Å². The van der Waals surface area contributed by atoms with Crippen molar-refractivity contribution >= 4 is 27.5 Å². The maximum atomic E-state index is 5.75. The molecule has 0 spiro atoms. The lowest BCUT2D eigenvalue weighted by Gasteiger charge is -2.08. The lowest BCUT2D eigenvalue weighted by molar-refractivity contribution is 0.458. The molecule has 0 atom stereocenters. The number of aryl methyl sites for hydroxylation is 1. The molecule has 2 nitrogen and oxygen atoms in total. The zero-order chi connectivity index (χ0) is 12.3. The highest BCUT2D eigenvalue weighted by Gasteiger charge is 2.04. The minimum atomic E-state index is 0.463. The predicted octanol–water partition coefficient (Wildman–Crippen LogP) is 4.68. The highest BCUT2D eigenvalue weighted by atomic mass is 79.9. The summed E-state index contributed by atoms with van der Waals surface area (Å²) in [5.41, 5.74) is 1.97. The third-order valence-electron chi connectivity index (χ3n) is 2.25. The van der Waals surface area contributed by atoms with E-state index in [1.165, 1.54) is 0 Å². The van der Waals surface area contributed by atoms with E-state index < -0.39 is 0 Å². The maximum absolute atomic E-state index is 5.75. The summed E-state index contributed by atoms with van der Waals surface area (Å²) < 4.78 is 6.68. The minimum absolute atomic E-state index is 0.463. The number of hydrogen-bond donors (Lipinski definition) is 0. The Morgan fingerprint density at radius 3 is 2.82 bits per heavy atom. The van der Waals surface area contributed by atoms with Crippen molar-refractivity contribution < 1.29 is 4.74 Å². The molecule has 0 radical (unpaired) electrons. The Labute approximate surface area is 114 Å².